The van der Waals surface area contributed by atoms with Gasteiger partial charge in [0.2, 0.25) is 11.8 Å². The normalized spacial score (nSPS) is 14.1. The zero-order chi connectivity index (χ0) is 24.5. The number of likely N-dealkylation sites (N-methyl/N-ethyl adjacent to an activating group) is 1. The van der Waals surface area contributed by atoms with Crippen LogP contribution in [0.1, 0.15) is 66.0 Å². The van der Waals surface area contributed by atoms with Gasteiger partial charge in [-0.15, -0.1) is 0 Å². The Morgan fingerprint density at radius 3 is 2.19 bits per heavy atom. The van der Waals surface area contributed by atoms with Crippen LogP contribution >= 0.6 is 12.6 Å². The van der Waals surface area contributed by atoms with Gasteiger partial charge in [-0.3, -0.25) is 9.59 Å². The Hall–Kier alpha value is -2.42. The fourth-order valence-electron chi connectivity index (χ4n) is 3.26. The molecule has 0 saturated heterocycles. The molecule has 9 heteroatoms. The predicted octanol–water partition coefficient (Wildman–Crippen LogP) is 3.41. The van der Waals surface area contributed by atoms with E-state index < -0.39 is 29.7 Å². The molecule has 0 aliphatic rings. The number of hydrogen-bond donors (Lipinski definition) is 4. The van der Waals surface area contributed by atoms with Crippen LogP contribution in [0.2, 0.25) is 0 Å². The highest BCUT2D eigenvalue weighted by Crippen LogP contribution is 2.25. The van der Waals surface area contributed by atoms with Crippen molar-refractivity contribution in [3.63, 3.8) is 0 Å². The van der Waals surface area contributed by atoms with Crippen molar-refractivity contribution < 1.29 is 24.2 Å². The molecule has 1 aromatic rings. The van der Waals surface area contributed by atoms with Crippen LogP contribution in [-0.4, -0.2) is 57.9 Å². The molecule has 0 fully saturated rings. The molecule has 0 aliphatic carbocycles. The van der Waals surface area contributed by atoms with Crippen molar-refractivity contribution in [2.45, 2.75) is 78.1 Å². The van der Waals surface area contributed by atoms with Gasteiger partial charge in [0.05, 0.1) is 0 Å². The number of carbonyl (C=O) groups excluding carboxylic acids is 3. The zero-order valence-electron chi connectivity index (χ0n) is 19.8. The maximum atomic E-state index is 13.4. The Balaban J connectivity index is 3.22. The van der Waals surface area contributed by atoms with Crippen LogP contribution < -0.4 is 10.6 Å². The van der Waals surface area contributed by atoms with Crippen LogP contribution in [0.15, 0.2) is 24.3 Å². The summed E-state index contributed by atoms with van der Waals surface area (Å²) in [6.07, 6.45) is 0.972. The van der Waals surface area contributed by atoms with E-state index in [1.54, 1.807) is 39.8 Å². The Labute approximate surface area is 196 Å². The minimum absolute atomic E-state index is 0.0325. The maximum Gasteiger partial charge on any atom is 0.408 e. The molecule has 3 atom stereocenters. The van der Waals surface area contributed by atoms with Gasteiger partial charge >= 0.3 is 6.09 Å². The number of aromatic hydroxyl groups is 1. The molecule has 0 aromatic heterocycles. The largest absolute Gasteiger partial charge is 0.508 e. The zero-order valence-corrected chi connectivity index (χ0v) is 20.7. The van der Waals surface area contributed by atoms with Crippen molar-refractivity contribution >= 4 is 30.5 Å². The van der Waals surface area contributed by atoms with E-state index in [-0.39, 0.29) is 30.0 Å². The highest BCUT2D eigenvalue weighted by atomic mass is 32.1. The second-order valence-corrected chi connectivity index (χ2v) is 9.06. The minimum atomic E-state index is -0.978. The molecule has 32 heavy (non-hydrogen) atoms. The number of phenols is 1. The lowest BCUT2D eigenvalue weighted by Gasteiger charge is -2.34. The number of thiol groups is 1. The average Bonchev–Trinajstić information content (AvgIpc) is 2.69. The Bertz CT molecular complexity index is 764. The number of carbonyl (C=O) groups is 3. The topological polar surface area (TPSA) is 108 Å². The lowest BCUT2D eigenvalue weighted by atomic mass is 10.0. The fourth-order valence-corrected chi connectivity index (χ4v) is 3.51. The molecule has 1 aromatic carbocycles. The first-order valence-electron chi connectivity index (χ1n) is 10.9. The van der Waals surface area contributed by atoms with E-state index in [9.17, 15) is 19.5 Å². The molecule has 0 spiro atoms. The molecule has 180 valence electrons. The van der Waals surface area contributed by atoms with Gasteiger partial charge in [0.25, 0.3) is 0 Å². The second-order valence-electron chi connectivity index (χ2n) is 8.70. The van der Waals surface area contributed by atoms with E-state index in [0.717, 1.165) is 12.8 Å². The van der Waals surface area contributed by atoms with Gasteiger partial charge < -0.3 is 25.4 Å². The molecule has 3 N–H and O–H groups in total. The third-order valence-electron chi connectivity index (χ3n) is 4.67. The molecular formula is C23H37N3O5S. The first-order chi connectivity index (χ1) is 14.9. The van der Waals surface area contributed by atoms with Crippen LogP contribution in [0, 0.1) is 0 Å². The van der Waals surface area contributed by atoms with Gasteiger partial charge in [0.15, 0.2) is 0 Å². The predicted molar refractivity (Wildman–Crippen MR) is 128 cm³/mol. The summed E-state index contributed by atoms with van der Waals surface area (Å²) in [6, 6.07) is 4.18. The first kappa shape index (κ1) is 27.6. The summed E-state index contributed by atoms with van der Waals surface area (Å²) in [6.45, 7) is 11.1. The number of phenolic OH excluding ortho intramolecular Hbond substituents is 1. The number of alkyl carbamates (subject to hydrolysis) is 1. The van der Waals surface area contributed by atoms with Gasteiger partial charge in [-0.05, 0) is 58.7 Å². The number of rotatable bonds is 10. The monoisotopic (exact) mass is 467 g/mol. The molecular weight excluding hydrogens is 430 g/mol. The molecule has 0 saturated carbocycles. The van der Waals surface area contributed by atoms with Crippen molar-refractivity contribution in [2.75, 3.05) is 12.3 Å². The highest BCUT2D eigenvalue weighted by Gasteiger charge is 2.35. The maximum absolute atomic E-state index is 13.4. The summed E-state index contributed by atoms with van der Waals surface area (Å²) >= 11 is 4.23. The molecule has 0 aliphatic heterocycles. The molecule has 3 amide bonds. The number of ether oxygens (including phenoxy) is 1. The number of hydrogen-bond acceptors (Lipinski definition) is 6. The SMILES string of the molecule is CCCC(C)NC(=O)C(c1ccc(O)cc1)N(CC)C(=O)C(CS)NC(=O)OC(C)(C)C. The standard InChI is InChI=1S/C23H37N3O5S/c1-7-9-15(3)24-20(28)19(16-10-12-17(27)13-11-16)26(8-2)21(29)18(14-32)25-22(30)31-23(4,5)6/h10-13,15,18-19,27,32H,7-9,14H2,1-6H3,(H,24,28)(H,25,30). The van der Waals surface area contributed by atoms with E-state index in [1.807, 2.05) is 13.8 Å². The average molecular weight is 468 g/mol. The van der Waals surface area contributed by atoms with Gasteiger partial charge in [-0.1, -0.05) is 25.5 Å². The fraction of sp³-hybridized carbons (Fsp3) is 0.609. The van der Waals surface area contributed by atoms with Crippen molar-refractivity contribution in [2.24, 2.45) is 0 Å². The summed E-state index contributed by atoms with van der Waals surface area (Å²) in [7, 11) is 0. The van der Waals surface area contributed by atoms with Gasteiger partial charge in [0, 0.05) is 18.3 Å². The number of nitrogens with one attached hydrogen (secondary N) is 2. The van der Waals surface area contributed by atoms with Crippen molar-refractivity contribution in [3.05, 3.63) is 29.8 Å². The van der Waals surface area contributed by atoms with Gasteiger partial charge in [-0.25, -0.2) is 4.79 Å². The third kappa shape index (κ3) is 8.61. The van der Waals surface area contributed by atoms with Crippen LogP contribution in [0.4, 0.5) is 4.79 Å². The van der Waals surface area contributed by atoms with Crippen molar-refractivity contribution in [1.82, 2.24) is 15.5 Å². The van der Waals surface area contributed by atoms with Gasteiger partial charge in [-0.2, -0.15) is 12.6 Å². The summed E-state index contributed by atoms with van der Waals surface area (Å²) in [4.78, 5) is 40.3. The van der Waals surface area contributed by atoms with Crippen molar-refractivity contribution in [1.29, 1.82) is 0 Å². The van der Waals surface area contributed by atoms with Crippen molar-refractivity contribution in [3.8, 4) is 5.75 Å². The number of benzene rings is 1. The van der Waals surface area contributed by atoms with Crippen LogP contribution in [0.5, 0.6) is 5.75 Å². The molecule has 3 unspecified atom stereocenters. The summed E-state index contributed by atoms with van der Waals surface area (Å²) < 4.78 is 5.26. The summed E-state index contributed by atoms with van der Waals surface area (Å²) in [5, 5.41) is 15.2. The number of nitrogens with zero attached hydrogens (tertiary/aromatic N) is 1. The lowest BCUT2D eigenvalue weighted by molar-refractivity contribution is -0.142. The van der Waals surface area contributed by atoms with E-state index in [0.29, 0.717) is 5.56 Å². The third-order valence-corrected chi connectivity index (χ3v) is 5.04. The first-order valence-corrected chi connectivity index (χ1v) is 11.6. The number of amides is 3. The smallest absolute Gasteiger partial charge is 0.408 e. The van der Waals surface area contributed by atoms with E-state index in [1.165, 1.54) is 17.0 Å². The van der Waals surface area contributed by atoms with E-state index in [2.05, 4.69) is 23.3 Å². The second kappa shape index (κ2) is 12.6. The Morgan fingerprint density at radius 1 is 1.12 bits per heavy atom. The van der Waals surface area contributed by atoms with Gasteiger partial charge in [0.1, 0.15) is 23.4 Å². The minimum Gasteiger partial charge on any atom is -0.508 e. The molecule has 0 radical (unpaired) electrons. The van der Waals surface area contributed by atoms with E-state index >= 15 is 0 Å². The van der Waals surface area contributed by atoms with E-state index in [4.69, 9.17) is 4.74 Å². The quantitative estimate of drug-likeness (QED) is 0.395. The summed E-state index contributed by atoms with van der Waals surface area (Å²) in [5.41, 5.74) is -0.169. The lowest BCUT2D eigenvalue weighted by Crippen LogP contribution is -2.54. The Morgan fingerprint density at radius 2 is 1.72 bits per heavy atom. The van der Waals surface area contributed by atoms with Crippen LogP contribution in [-0.2, 0) is 14.3 Å². The summed E-state index contributed by atoms with van der Waals surface area (Å²) in [5.74, 6) is -0.696. The Kier molecular flexibility index (Phi) is 10.9. The molecule has 0 bridgehead atoms. The van der Waals surface area contributed by atoms with Crippen LogP contribution in [0.25, 0.3) is 0 Å². The molecule has 8 nitrogen and oxygen atoms in total. The molecule has 0 heterocycles. The highest BCUT2D eigenvalue weighted by molar-refractivity contribution is 7.80. The van der Waals surface area contributed by atoms with Crippen LogP contribution in [0.3, 0.4) is 0 Å². The molecule has 1 rings (SSSR count).